The van der Waals surface area contributed by atoms with E-state index in [0.717, 1.165) is 0 Å². The molecule has 0 aliphatic carbocycles. The average molecular weight is 115 g/mol. The van der Waals surface area contributed by atoms with Crippen LogP contribution in [0.15, 0.2) is 0 Å². The normalized spacial score (nSPS) is 42.0. The van der Waals surface area contributed by atoms with E-state index < -0.39 is 0 Å². The maximum absolute atomic E-state index is 5.02. The van der Waals surface area contributed by atoms with Crippen molar-refractivity contribution in [3.63, 3.8) is 0 Å². The molecule has 48 valence electrons. The molecule has 0 aromatic rings. The molecule has 2 nitrogen and oxygen atoms in total. The summed E-state index contributed by atoms with van der Waals surface area (Å²) in [5.41, 5.74) is 0.286. The van der Waals surface area contributed by atoms with Crippen molar-refractivity contribution in [1.82, 2.24) is 5.06 Å². The largest absolute Gasteiger partial charge is 0.301 e. The van der Waals surface area contributed by atoms with Crippen molar-refractivity contribution in [2.24, 2.45) is 0 Å². The first kappa shape index (κ1) is 6.05. The second-order valence-corrected chi connectivity index (χ2v) is 2.84. The molecule has 0 amide bonds. The molecule has 1 heterocycles. The molecule has 0 bridgehead atoms. The van der Waals surface area contributed by atoms with Gasteiger partial charge >= 0.3 is 0 Å². The van der Waals surface area contributed by atoms with E-state index >= 15 is 0 Å². The van der Waals surface area contributed by atoms with Crippen LogP contribution in [-0.2, 0) is 4.84 Å². The monoisotopic (exact) mass is 115 g/mol. The predicted molar refractivity (Wildman–Crippen MR) is 32.4 cm³/mol. The number of rotatable bonds is 1. The quantitative estimate of drug-likeness (QED) is 0.473. The molecule has 1 aliphatic heterocycles. The Morgan fingerprint density at radius 3 is 1.88 bits per heavy atom. The Morgan fingerprint density at radius 2 is 1.88 bits per heavy atom. The molecule has 1 fully saturated rings. The Bertz CT molecular complexity index is 101. The van der Waals surface area contributed by atoms with Crippen LogP contribution in [0.1, 0.15) is 20.8 Å². The third kappa shape index (κ3) is 0.565. The summed E-state index contributed by atoms with van der Waals surface area (Å²) in [6.45, 7) is 6.49. The van der Waals surface area contributed by atoms with Gasteiger partial charge in [0.05, 0.1) is 18.7 Å². The molecule has 0 aromatic carbocycles. The third-order valence-electron chi connectivity index (χ3n) is 2.07. The van der Waals surface area contributed by atoms with Crippen LogP contribution in [-0.4, -0.2) is 23.8 Å². The lowest BCUT2D eigenvalue weighted by atomic mass is 10.2. The van der Waals surface area contributed by atoms with Crippen LogP contribution < -0.4 is 0 Å². The maximum atomic E-state index is 5.02. The molecule has 8 heavy (non-hydrogen) atoms. The van der Waals surface area contributed by atoms with Gasteiger partial charge < -0.3 is 4.84 Å². The lowest BCUT2D eigenvalue weighted by Crippen LogP contribution is -2.06. The molecule has 0 aromatic heterocycles. The fourth-order valence-electron chi connectivity index (χ4n) is 1.04. The van der Waals surface area contributed by atoms with Gasteiger partial charge in [0.2, 0.25) is 0 Å². The second kappa shape index (κ2) is 1.45. The van der Waals surface area contributed by atoms with E-state index in [4.69, 9.17) is 4.84 Å². The number of hydroxylamine groups is 2. The van der Waals surface area contributed by atoms with Crippen molar-refractivity contribution in [3.05, 3.63) is 0 Å². The average Bonchev–Trinajstić information content (AvgIpc) is 2.09. The van der Waals surface area contributed by atoms with Crippen molar-refractivity contribution < 1.29 is 4.84 Å². The van der Waals surface area contributed by atoms with Gasteiger partial charge in [-0.2, -0.15) is 5.06 Å². The van der Waals surface area contributed by atoms with Crippen molar-refractivity contribution in [2.75, 3.05) is 7.11 Å². The first-order valence-corrected chi connectivity index (χ1v) is 2.94. The van der Waals surface area contributed by atoms with Crippen molar-refractivity contribution >= 4 is 0 Å². The Labute approximate surface area is 50.4 Å². The Balaban J connectivity index is 2.45. The molecule has 2 unspecified atom stereocenters. The van der Waals surface area contributed by atoms with E-state index in [1.54, 1.807) is 7.11 Å². The van der Waals surface area contributed by atoms with E-state index in [1.165, 1.54) is 0 Å². The highest BCUT2D eigenvalue weighted by molar-refractivity contribution is 5.03. The van der Waals surface area contributed by atoms with Gasteiger partial charge in [-0.25, -0.2) is 0 Å². The first-order valence-electron chi connectivity index (χ1n) is 2.94. The molecular formula is C6H13NO. The zero-order valence-corrected chi connectivity index (χ0v) is 5.93. The third-order valence-corrected chi connectivity index (χ3v) is 2.07. The molecule has 1 aliphatic rings. The van der Waals surface area contributed by atoms with Crippen LogP contribution in [0.2, 0.25) is 0 Å². The topological polar surface area (TPSA) is 12.2 Å². The van der Waals surface area contributed by atoms with Gasteiger partial charge in [-0.05, 0) is 20.8 Å². The van der Waals surface area contributed by atoms with Gasteiger partial charge in [0.1, 0.15) is 0 Å². The van der Waals surface area contributed by atoms with E-state index in [2.05, 4.69) is 20.8 Å². The summed E-state index contributed by atoms with van der Waals surface area (Å²) in [6.07, 6.45) is 0. The van der Waals surface area contributed by atoms with E-state index in [9.17, 15) is 0 Å². The van der Waals surface area contributed by atoms with E-state index in [0.29, 0.717) is 6.04 Å². The number of hydrogen-bond donors (Lipinski definition) is 0. The molecule has 0 saturated carbocycles. The summed E-state index contributed by atoms with van der Waals surface area (Å²) in [4.78, 5) is 5.02. The van der Waals surface area contributed by atoms with Gasteiger partial charge in [0, 0.05) is 0 Å². The van der Waals surface area contributed by atoms with Crippen molar-refractivity contribution in [2.45, 2.75) is 32.4 Å². The highest BCUT2D eigenvalue weighted by Gasteiger charge is 2.53. The molecule has 0 radical (unpaired) electrons. The van der Waals surface area contributed by atoms with Crippen LogP contribution in [0.4, 0.5) is 0 Å². The summed E-state index contributed by atoms with van der Waals surface area (Å²) in [7, 11) is 1.71. The predicted octanol–water partition coefficient (Wildman–Crippen LogP) is 1.03. The zero-order chi connectivity index (χ0) is 6.36. The zero-order valence-electron chi connectivity index (χ0n) is 5.93. The minimum Gasteiger partial charge on any atom is -0.301 e. The lowest BCUT2D eigenvalue weighted by Gasteiger charge is -1.99. The molecular weight excluding hydrogens is 102 g/mol. The molecule has 0 spiro atoms. The number of hydrogen-bond acceptors (Lipinski definition) is 2. The summed E-state index contributed by atoms with van der Waals surface area (Å²) >= 11 is 0. The van der Waals surface area contributed by atoms with Gasteiger partial charge in [0.15, 0.2) is 0 Å². The minimum atomic E-state index is 0.286. The van der Waals surface area contributed by atoms with Crippen LogP contribution >= 0.6 is 0 Å². The SMILES string of the molecule is CON1C(C)C1(C)C. The minimum absolute atomic E-state index is 0.286. The van der Waals surface area contributed by atoms with Gasteiger partial charge in [-0.3, -0.25) is 0 Å². The second-order valence-electron chi connectivity index (χ2n) is 2.84. The lowest BCUT2D eigenvalue weighted by molar-refractivity contribution is -0.0586. The van der Waals surface area contributed by atoms with E-state index in [-0.39, 0.29) is 5.54 Å². The smallest absolute Gasteiger partial charge is 0.0586 e. The molecule has 2 heteroatoms. The Morgan fingerprint density at radius 1 is 1.50 bits per heavy atom. The molecule has 0 N–H and O–H groups in total. The van der Waals surface area contributed by atoms with Crippen LogP contribution in [0.25, 0.3) is 0 Å². The number of nitrogens with zero attached hydrogens (tertiary/aromatic N) is 1. The van der Waals surface area contributed by atoms with Crippen LogP contribution in [0.3, 0.4) is 0 Å². The summed E-state index contributed by atoms with van der Waals surface area (Å²) in [5, 5.41) is 1.98. The van der Waals surface area contributed by atoms with Crippen molar-refractivity contribution in [1.29, 1.82) is 0 Å². The maximum Gasteiger partial charge on any atom is 0.0586 e. The molecule has 1 rings (SSSR count). The molecule has 1 saturated heterocycles. The summed E-state index contributed by atoms with van der Waals surface area (Å²) in [6, 6.07) is 0.590. The molecule has 2 atom stereocenters. The highest BCUT2D eigenvalue weighted by Crippen LogP contribution is 2.39. The Kier molecular flexibility index (Phi) is 1.10. The van der Waals surface area contributed by atoms with Crippen molar-refractivity contribution in [3.8, 4) is 0 Å². The first-order chi connectivity index (χ1) is 3.60. The van der Waals surface area contributed by atoms with Crippen LogP contribution in [0, 0.1) is 0 Å². The fraction of sp³-hybridized carbons (Fsp3) is 1.00. The summed E-state index contributed by atoms with van der Waals surface area (Å²) in [5.74, 6) is 0. The fourth-order valence-corrected chi connectivity index (χ4v) is 1.04. The van der Waals surface area contributed by atoms with Gasteiger partial charge in [-0.15, -0.1) is 0 Å². The Hall–Kier alpha value is -0.0800. The standard InChI is InChI=1S/C6H13NO/c1-5-6(2,3)7(5)8-4/h5H,1-4H3. The van der Waals surface area contributed by atoms with Gasteiger partial charge in [-0.1, -0.05) is 0 Å². The highest BCUT2D eigenvalue weighted by atomic mass is 16.7. The summed E-state index contributed by atoms with van der Waals surface area (Å²) < 4.78 is 0. The van der Waals surface area contributed by atoms with Crippen LogP contribution in [0.5, 0.6) is 0 Å². The van der Waals surface area contributed by atoms with Gasteiger partial charge in [0.25, 0.3) is 0 Å². The van der Waals surface area contributed by atoms with E-state index in [1.807, 2.05) is 5.06 Å².